The topological polar surface area (TPSA) is 86.7 Å². The summed E-state index contributed by atoms with van der Waals surface area (Å²) in [7, 11) is 0. The van der Waals surface area contributed by atoms with Gasteiger partial charge < -0.3 is 10.3 Å². The highest BCUT2D eigenvalue weighted by Gasteiger charge is 2.32. The van der Waals surface area contributed by atoms with Crippen molar-refractivity contribution in [2.24, 2.45) is 10.2 Å². The van der Waals surface area contributed by atoms with E-state index < -0.39 is 5.25 Å². The number of carbonyl (C=O) groups is 2. The van der Waals surface area contributed by atoms with Crippen molar-refractivity contribution in [1.82, 2.24) is 10.3 Å². The van der Waals surface area contributed by atoms with Crippen molar-refractivity contribution in [3.63, 3.8) is 0 Å². The fraction of sp³-hybridized carbons (Fsp3) is 0.0769. The quantitative estimate of drug-likeness (QED) is 0.188. The van der Waals surface area contributed by atoms with E-state index in [0.717, 1.165) is 32.2 Å². The first kappa shape index (κ1) is 22.3. The van der Waals surface area contributed by atoms with Crippen LogP contribution >= 0.6 is 27.7 Å². The molecule has 0 bridgehead atoms. The highest BCUT2D eigenvalue weighted by molar-refractivity contribution is 9.10. The van der Waals surface area contributed by atoms with Crippen LogP contribution in [0.1, 0.15) is 22.3 Å². The Morgan fingerprint density at radius 1 is 1.00 bits per heavy atom. The number of benzene rings is 3. The minimum absolute atomic E-state index is 0.0869. The summed E-state index contributed by atoms with van der Waals surface area (Å²) in [5.74, 6) is -0.322. The lowest BCUT2D eigenvalue weighted by Crippen LogP contribution is -2.26. The molecule has 4 aromatic rings. The Morgan fingerprint density at radius 3 is 2.53 bits per heavy atom. The van der Waals surface area contributed by atoms with Gasteiger partial charge >= 0.3 is 0 Å². The van der Waals surface area contributed by atoms with E-state index in [2.05, 4.69) is 36.4 Å². The molecule has 5 rings (SSSR count). The summed E-state index contributed by atoms with van der Waals surface area (Å²) in [6, 6.07) is 25.1. The summed E-state index contributed by atoms with van der Waals surface area (Å²) in [5.41, 5.74) is 4.50. The maximum Gasteiger partial charge on any atom is 0.240 e. The van der Waals surface area contributed by atoms with Gasteiger partial charge in [-0.2, -0.15) is 5.10 Å². The number of hydrogen-bond acceptors (Lipinski definition) is 5. The summed E-state index contributed by atoms with van der Waals surface area (Å²) < 4.78 is 0.898. The van der Waals surface area contributed by atoms with E-state index in [1.807, 2.05) is 66.7 Å². The number of fused-ring (bicyclic) bond motifs is 1. The van der Waals surface area contributed by atoms with Crippen molar-refractivity contribution in [2.45, 2.75) is 11.7 Å². The highest BCUT2D eigenvalue weighted by Crippen LogP contribution is 2.29. The predicted octanol–water partition coefficient (Wildman–Crippen LogP) is 5.79. The summed E-state index contributed by atoms with van der Waals surface area (Å²) >= 11 is 4.58. The molecule has 1 aliphatic rings. The van der Waals surface area contributed by atoms with Gasteiger partial charge in [0.2, 0.25) is 5.91 Å². The van der Waals surface area contributed by atoms with Gasteiger partial charge in [0.05, 0.1) is 17.2 Å². The van der Waals surface area contributed by atoms with Crippen LogP contribution in [-0.4, -0.2) is 33.3 Å². The molecule has 0 spiro atoms. The molecule has 0 aliphatic carbocycles. The number of ketones is 1. The van der Waals surface area contributed by atoms with Crippen LogP contribution in [0.3, 0.4) is 0 Å². The number of amides is 1. The Hall–Kier alpha value is -3.49. The first-order valence-corrected chi connectivity index (χ1v) is 12.3. The number of halogens is 1. The zero-order valence-electron chi connectivity index (χ0n) is 17.9. The maximum atomic E-state index is 12.5. The van der Waals surface area contributed by atoms with Crippen LogP contribution in [0.2, 0.25) is 0 Å². The van der Waals surface area contributed by atoms with Crippen LogP contribution in [0.25, 0.3) is 22.2 Å². The fourth-order valence-electron chi connectivity index (χ4n) is 3.78. The third-order valence-corrected chi connectivity index (χ3v) is 7.06. The summed E-state index contributed by atoms with van der Waals surface area (Å²) in [6.07, 6.45) is 1.79. The van der Waals surface area contributed by atoms with E-state index in [1.165, 1.54) is 11.8 Å². The third kappa shape index (κ3) is 4.73. The molecular weight excluding hydrogens is 512 g/mol. The van der Waals surface area contributed by atoms with Crippen LogP contribution in [-0.2, 0) is 4.79 Å². The van der Waals surface area contributed by atoms with Crippen LogP contribution in [0.4, 0.5) is 0 Å². The maximum absolute atomic E-state index is 12.5. The van der Waals surface area contributed by atoms with E-state index in [-0.39, 0.29) is 18.1 Å². The molecule has 2 N–H and O–H groups in total. The molecule has 1 unspecified atom stereocenters. The van der Waals surface area contributed by atoms with Crippen molar-refractivity contribution >= 4 is 61.7 Å². The second kappa shape index (κ2) is 9.79. The summed E-state index contributed by atoms with van der Waals surface area (Å²) in [5, 5.41) is 12.1. The van der Waals surface area contributed by atoms with Crippen LogP contribution in [0, 0.1) is 0 Å². The Labute approximate surface area is 208 Å². The SMILES string of the molecule is O=C(CC1SC(=NN=Cc2c(-c3ccccc3)[nH]c3ccccc23)NC1=O)c1ccc(Br)cc1. The largest absolute Gasteiger partial charge is 0.354 e. The molecule has 6 nitrogen and oxygen atoms in total. The predicted molar refractivity (Wildman–Crippen MR) is 141 cm³/mol. The lowest BCUT2D eigenvalue weighted by atomic mass is 10.1. The molecule has 3 aromatic carbocycles. The first-order chi connectivity index (χ1) is 16.6. The molecule has 34 heavy (non-hydrogen) atoms. The zero-order chi connectivity index (χ0) is 23.5. The smallest absolute Gasteiger partial charge is 0.240 e. The van der Waals surface area contributed by atoms with Crippen LogP contribution in [0.15, 0.2) is 93.5 Å². The fourth-order valence-corrected chi connectivity index (χ4v) is 4.97. The highest BCUT2D eigenvalue weighted by atomic mass is 79.9. The van der Waals surface area contributed by atoms with Crippen molar-refractivity contribution in [3.8, 4) is 11.3 Å². The Kier molecular flexibility index (Phi) is 6.42. The van der Waals surface area contributed by atoms with Gasteiger partial charge in [-0.25, -0.2) is 0 Å². The second-order valence-corrected chi connectivity index (χ2v) is 9.81. The number of aromatic nitrogens is 1. The number of amidine groups is 1. The number of para-hydroxylation sites is 1. The molecule has 1 fully saturated rings. The van der Waals surface area contributed by atoms with E-state index in [4.69, 9.17) is 0 Å². The van der Waals surface area contributed by atoms with Gasteiger partial charge in [-0.1, -0.05) is 88.4 Å². The molecule has 1 amide bonds. The Morgan fingerprint density at radius 2 is 1.74 bits per heavy atom. The van der Waals surface area contributed by atoms with E-state index in [9.17, 15) is 9.59 Å². The number of carbonyl (C=O) groups excluding carboxylic acids is 2. The molecule has 0 saturated carbocycles. The number of nitrogens with zero attached hydrogens (tertiary/aromatic N) is 2. The van der Waals surface area contributed by atoms with E-state index in [0.29, 0.717) is 10.7 Å². The molecule has 2 heterocycles. The molecule has 168 valence electrons. The van der Waals surface area contributed by atoms with Gasteiger partial charge in [-0.05, 0) is 23.8 Å². The van der Waals surface area contributed by atoms with E-state index in [1.54, 1.807) is 18.3 Å². The first-order valence-electron chi connectivity index (χ1n) is 10.6. The lowest BCUT2D eigenvalue weighted by Gasteiger charge is -2.04. The molecule has 0 radical (unpaired) electrons. The van der Waals surface area contributed by atoms with Gasteiger partial charge in [0.25, 0.3) is 0 Å². The number of H-pyrrole nitrogens is 1. The number of thioether (sulfide) groups is 1. The minimum atomic E-state index is -0.530. The molecule has 8 heteroatoms. The van der Waals surface area contributed by atoms with Gasteiger partial charge in [0.15, 0.2) is 11.0 Å². The van der Waals surface area contributed by atoms with Crippen molar-refractivity contribution < 1.29 is 9.59 Å². The monoisotopic (exact) mass is 530 g/mol. The molecular formula is C26H19BrN4O2S. The van der Waals surface area contributed by atoms with Crippen molar-refractivity contribution in [2.75, 3.05) is 0 Å². The van der Waals surface area contributed by atoms with Crippen molar-refractivity contribution in [3.05, 3.63) is 94.5 Å². The van der Waals surface area contributed by atoms with Gasteiger partial charge in [0.1, 0.15) is 0 Å². The number of hydrogen-bond donors (Lipinski definition) is 2. The average molecular weight is 531 g/mol. The molecule has 1 aromatic heterocycles. The average Bonchev–Trinajstić information content (AvgIpc) is 3.40. The van der Waals surface area contributed by atoms with Crippen LogP contribution in [0.5, 0.6) is 0 Å². The number of aromatic amines is 1. The number of nitrogens with one attached hydrogen (secondary N) is 2. The number of rotatable bonds is 6. The zero-order valence-corrected chi connectivity index (χ0v) is 20.3. The normalized spacial score (nSPS) is 17.0. The molecule has 1 aliphatic heterocycles. The van der Waals surface area contributed by atoms with Crippen molar-refractivity contribution in [1.29, 1.82) is 0 Å². The Bertz CT molecular complexity index is 1430. The van der Waals surface area contributed by atoms with Gasteiger partial charge in [-0.15, -0.1) is 5.10 Å². The standard InChI is InChI=1S/C26H19BrN4O2S/c27-18-12-10-16(11-13-18)22(32)14-23-25(33)30-26(34-23)31-28-15-20-19-8-4-5-9-21(19)29-24(20)17-6-2-1-3-7-17/h1-13,15,23,29H,14H2,(H,30,31,33). The second-order valence-electron chi connectivity index (χ2n) is 7.70. The van der Waals surface area contributed by atoms with Gasteiger partial charge in [-0.3, -0.25) is 9.59 Å². The third-order valence-electron chi connectivity index (χ3n) is 5.46. The Balaban J connectivity index is 1.34. The van der Waals surface area contributed by atoms with E-state index >= 15 is 0 Å². The molecule has 1 saturated heterocycles. The summed E-state index contributed by atoms with van der Waals surface area (Å²) in [6.45, 7) is 0. The lowest BCUT2D eigenvalue weighted by molar-refractivity contribution is -0.118. The van der Waals surface area contributed by atoms with Crippen LogP contribution < -0.4 is 5.32 Å². The van der Waals surface area contributed by atoms with Gasteiger partial charge in [0, 0.05) is 32.9 Å². The molecule has 1 atom stereocenters. The summed E-state index contributed by atoms with van der Waals surface area (Å²) in [4.78, 5) is 28.4. The minimum Gasteiger partial charge on any atom is -0.354 e. The number of Topliss-reactive ketones (excluding diaryl/α,β-unsaturated/α-hetero) is 1.